The van der Waals surface area contributed by atoms with Crippen LogP contribution in [0.25, 0.3) is 0 Å². The van der Waals surface area contributed by atoms with Crippen LogP contribution in [0.15, 0.2) is 0 Å². The van der Waals surface area contributed by atoms with Crippen LogP contribution in [0.3, 0.4) is 0 Å². The molecule has 1 saturated carbocycles. The van der Waals surface area contributed by atoms with Crippen LogP contribution >= 0.6 is 0 Å². The van der Waals surface area contributed by atoms with Crippen molar-refractivity contribution in [1.82, 2.24) is 5.32 Å². The lowest BCUT2D eigenvalue weighted by Gasteiger charge is -2.20. The SMILES string of the molecule is CCNC(CCCC(F)(F)F)CCC1CCCC1. The zero-order valence-corrected chi connectivity index (χ0v) is 11.4. The van der Waals surface area contributed by atoms with E-state index in [0.717, 1.165) is 18.9 Å². The highest BCUT2D eigenvalue weighted by molar-refractivity contribution is 4.73. The lowest BCUT2D eigenvalue weighted by molar-refractivity contribution is -0.135. The Kier molecular flexibility index (Phi) is 7.05. The molecule has 0 saturated heterocycles. The van der Waals surface area contributed by atoms with Gasteiger partial charge in [-0.2, -0.15) is 13.2 Å². The van der Waals surface area contributed by atoms with Crippen molar-refractivity contribution in [3.63, 3.8) is 0 Å². The maximum absolute atomic E-state index is 12.1. The molecule has 1 rings (SSSR count). The number of hydrogen-bond acceptors (Lipinski definition) is 1. The summed E-state index contributed by atoms with van der Waals surface area (Å²) in [4.78, 5) is 0. The van der Waals surface area contributed by atoms with Gasteiger partial charge in [0.05, 0.1) is 0 Å². The number of halogens is 3. The number of alkyl halides is 3. The average Bonchev–Trinajstić information content (AvgIpc) is 2.77. The third-order valence-corrected chi connectivity index (χ3v) is 3.90. The Morgan fingerprint density at radius 1 is 1.17 bits per heavy atom. The number of rotatable bonds is 8. The predicted molar refractivity (Wildman–Crippen MR) is 68.6 cm³/mol. The zero-order valence-electron chi connectivity index (χ0n) is 11.4. The van der Waals surface area contributed by atoms with Crippen molar-refractivity contribution in [2.45, 2.75) is 76.9 Å². The molecule has 0 spiro atoms. The van der Waals surface area contributed by atoms with Gasteiger partial charge >= 0.3 is 6.18 Å². The molecule has 0 radical (unpaired) electrons. The molecule has 1 nitrogen and oxygen atoms in total. The van der Waals surface area contributed by atoms with Gasteiger partial charge in [0.25, 0.3) is 0 Å². The number of hydrogen-bond donors (Lipinski definition) is 1. The number of nitrogens with one attached hydrogen (secondary N) is 1. The maximum Gasteiger partial charge on any atom is 0.389 e. The smallest absolute Gasteiger partial charge is 0.314 e. The predicted octanol–water partition coefficient (Wildman–Crippen LogP) is 4.67. The molecule has 0 aliphatic heterocycles. The summed E-state index contributed by atoms with van der Waals surface area (Å²) in [6, 6.07) is 0.276. The molecule has 1 aliphatic rings. The summed E-state index contributed by atoms with van der Waals surface area (Å²) in [7, 11) is 0. The Hall–Kier alpha value is -0.250. The summed E-state index contributed by atoms with van der Waals surface area (Å²) >= 11 is 0. The summed E-state index contributed by atoms with van der Waals surface area (Å²) in [6.45, 7) is 2.87. The highest BCUT2D eigenvalue weighted by atomic mass is 19.4. The summed E-state index contributed by atoms with van der Waals surface area (Å²) < 4.78 is 36.3. The van der Waals surface area contributed by atoms with Crippen molar-refractivity contribution in [3.05, 3.63) is 0 Å². The van der Waals surface area contributed by atoms with E-state index in [2.05, 4.69) is 5.32 Å². The molecule has 1 unspecified atom stereocenters. The van der Waals surface area contributed by atoms with Crippen LogP contribution in [0.2, 0.25) is 0 Å². The van der Waals surface area contributed by atoms with Crippen LogP contribution in [-0.2, 0) is 0 Å². The Morgan fingerprint density at radius 3 is 2.39 bits per heavy atom. The fraction of sp³-hybridized carbons (Fsp3) is 1.00. The van der Waals surface area contributed by atoms with Crippen molar-refractivity contribution in [2.75, 3.05) is 6.54 Å². The fourth-order valence-electron chi connectivity index (χ4n) is 2.92. The van der Waals surface area contributed by atoms with E-state index in [9.17, 15) is 13.2 Å². The van der Waals surface area contributed by atoms with E-state index in [-0.39, 0.29) is 12.5 Å². The van der Waals surface area contributed by atoms with Gasteiger partial charge < -0.3 is 5.32 Å². The van der Waals surface area contributed by atoms with E-state index in [1.165, 1.54) is 32.1 Å². The maximum atomic E-state index is 12.1. The Morgan fingerprint density at radius 2 is 1.83 bits per heavy atom. The third kappa shape index (κ3) is 7.24. The standard InChI is InChI=1S/C14H26F3N/c1-2-18-13(8-5-11-14(15,16)17)10-9-12-6-3-4-7-12/h12-13,18H,2-11H2,1H3. The van der Waals surface area contributed by atoms with Crippen molar-refractivity contribution in [2.24, 2.45) is 5.92 Å². The van der Waals surface area contributed by atoms with Gasteiger partial charge in [0, 0.05) is 12.5 Å². The first-order valence-corrected chi connectivity index (χ1v) is 7.31. The van der Waals surface area contributed by atoms with Gasteiger partial charge in [-0.3, -0.25) is 0 Å². The molecular weight excluding hydrogens is 239 g/mol. The minimum atomic E-state index is -4.00. The third-order valence-electron chi connectivity index (χ3n) is 3.90. The first-order valence-electron chi connectivity index (χ1n) is 7.31. The second-order valence-electron chi connectivity index (χ2n) is 5.49. The summed E-state index contributed by atoms with van der Waals surface area (Å²) in [5.41, 5.74) is 0. The van der Waals surface area contributed by atoms with E-state index >= 15 is 0 Å². The van der Waals surface area contributed by atoms with Gasteiger partial charge in [0.15, 0.2) is 0 Å². The molecule has 4 heteroatoms. The Bertz CT molecular complexity index is 210. The van der Waals surface area contributed by atoms with Gasteiger partial charge in [0.1, 0.15) is 0 Å². The van der Waals surface area contributed by atoms with Crippen LogP contribution in [0, 0.1) is 5.92 Å². The second kappa shape index (κ2) is 8.03. The van der Waals surface area contributed by atoms with Crippen LogP contribution in [0.1, 0.15) is 64.7 Å². The molecule has 108 valence electrons. The van der Waals surface area contributed by atoms with E-state index < -0.39 is 12.6 Å². The highest BCUT2D eigenvalue weighted by Gasteiger charge is 2.26. The molecule has 1 atom stereocenters. The van der Waals surface area contributed by atoms with Crippen LogP contribution in [0.4, 0.5) is 13.2 Å². The van der Waals surface area contributed by atoms with E-state index in [4.69, 9.17) is 0 Å². The van der Waals surface area contributed by atoms with Crippen LogP contribution in [0.5, 0.6) is 0 Å². The molecule has 0 aromatic heterocycles. The fourth-order valence-corrected chi connectivity index (χ4v) is 2.92. The molecule has 0 aromatic carbocycles. The van der Waals surface area contributed by atoms with Crippen molar-refractivity contribution >= 4 is 0 Å². The normalized spacial score (nSPS) is 19.3. The second-order valence-corrected chi connectivity index (χ2v) is 5.49. The lowest BCUT2D eigenvalue weighted by atomic mass is 9.96. The van der Waals surface area contributed by atoms with Crippen molar-refractivity contribution in [1.29, 1.82) is 0 Å². The Labute approximate surface area is 109 Å². The summed E-state index contributed by atoms with van der Waals surface area (Å²) in [5, 5.41) is 3.33. The topological polar surface area (TPSA) is 12.0 Å². The molecule has 0 heterocycles. The van der Waals surface area contributed by atoms with E-state index in [1.54, 1.807) is 0 Å². The van der Waals surface area contributed by atoms with Gasteiger partial charge in [-0.05, 0) is 38.1 Å². The van der Waals surface area contributed by atoms with Gasteiger partial charge in [-0.15, -0.1) is 0 Å². The van der Waals surface area contributed by atoms with Gasteiger partial charge in [-0.25, -0.2) is 0 Å². The minimum Gasteiger partial charge on any atom is -0.314 e. The minimum absolute atomic E-state index is 0.256. The van der Waals surface area contributed by atoms with E-state index in [1.807, 2.05) is 6.92 Å². The average molecular weight is 265 g/mol. The van der Waals surface area contributed by atoms with Crippen LogP contribution in [-0.4, -0.2) is 18.8 Å². The largest absolute Gasteiger partial charge is 0.389 e. The molecule has 1 aliphatic carbocycles. The summed E-state index contributed by atoms with van der Waals surface area (Å²) in [5.74, 6) is 0.828. The highest BCUT2D eigenvalue weighted by Crippen LogP contribution is 2.30. The van der Waals surface area contributed by atoms with Crippen LogP contribution < -0.4 is 5.32 Å². The zero-order chi connectivity index (χ0) is 13.4. The molecular formula is C14H26F3N. The quantitative estimate of drug-likeness (QED) is 0.672. The monoisotopic (exact) mass is 265 g/mol. The first-order chi connectivity index (χ1) is 8.51. The van der Waals surface area contributed by atoms with Crippen molar-refractivity contribution < 1.29 is 13.2 Å². The summed E-state index contributed by atoms with van der Waals surface area (Å²) in [6.07, 6.45) is 3.81. The first kappa shape index (κ1) is 15.8. The molecule has 1 fully saturated rings. The van der Waals surface area contributed by atoms with Gasteiger partial charge in [0.2, 0.25) is 0 Å². The molecule has 1 N–H and O–H groups in total. The Balaban J connectivity index is 2.17. The lowest BCUT2D eigenvalue weighted by Crippen LogP contribution is -2.29. The van der Waals surface area contributed by atoms with Gasteiger partial charge in [-0.1, -0.05) is 32.6 Å². The molecule has 18 heavy (non-hydrogen) atoms. The van der Waals surface area contributed by atoms with E-state index in [0.29, 0.717) is 6.42 Å². The van der Waals surface area contributed by atoms with Crippen molar-refractivity contribution in [3.8, 4) is 0 Å². The molecule has 0 bridgehead atoms. The molecule has 0 aromatic rings. The molecule has 0 amide bonds.